The molecule has 0 aliphatic carbocycles. The number of ketones is 1. The van der Waals surface area contributed by atoms with Crippen molar-refractivity contribution in [3.63, 3.8) is 0 Å². The number of imidazole rings is 2. The Hall–Kier alpha value is -9.64. The van der Waals surface area contributed by atoms with Gasteiger partial charge in [0.05, 0.1) is 65.6 Å². The molecule has 7 atom stereocenters. The lowest BCUT2D eigenvalue weighted by Gasteiger charge is -2.37. The molecule has 2 fully saturated rings. The Morgan fingerprint density at radius 3 is 1.60 bits per heavy atom. The molecule has 11 rings (SSSR count). The summed E-state index contributed by atoms with van der Waals surface area (Å²) in [5.41, 5.74) is 2.56. The maximum absolute atomic E-state index is 15.6. The first kappa shape index (κ1) is 61.0. The quantitative estimate of drug-likeness (QED) is 0.0221. The van der Waals surface area contributed by atoms with Crippen molar-refractivity contribution in [3.05, 3.63) is 193 Å². The zero-order valence-corrected chi connectivity index (χ0v) is 49.3. The number of esters is 1. The minimum absolute atomic E-state index is 0.00929. The number of anilines is 2. The highest BCUT2D eigenvalue weighted by Crippen LogP contribution is 2.55. The number of benzene rings is 5. The number of carbonyl (C=O) groups excluding carboxylic acids is 4. The molecule has 2 N–H and O–H groups in total. The highest BCUT2D eigenvalue weighted by Gasteiger charge is 2.48. The number of phosphoric ester groups is 1. The topological polar surface area (TPSA) is 303 Å². The number of hydrogen-bond acceptors (Lipinski definition) is 21. The average molecular weight is 1230 g/mol. The molecule has 2 saturated heterocycles. The summed E-state index contributed by atoms with van der Waals surface area (Å²) in [5, 5.41) is 15.3. The van der Waals surface area contributed by atoms with Crippen molar-refractivity contribution < 1.29 is 65.7 Å². The van der Waals surface area contributed by atoms with E-state index in [0.29, 0.717) is 33.8 Å². The number of nitriles is 1. The van der Waals surface area contributed by atoms with Crippen molar-refractivity contribution in [2.45, 2.75) is 81.5 Å². The monoisotopic (exact) mass is 1230 g/mol. The first-order valence-electron chi connectivity index (χ1n) is 28.4. The van der Waals surface area contributed by atoms with Gasteiger partial charge in [0, 0.05) is 30.4 Å². The van der Waals surface area contributed by atoms with E-state index in [1.807, 2.05) is 84.9 Å². The third-order valence-corrected chi connectivity index (χ3v) is 16.5. The average Bonchev–Trinajstić information content (AvgIpc) is 2.17. The highest BCUT2D eigenvalue weighted by atomic mass is 31.2. The van der Waals surface area contributed by atoms with Crippen LogP contribution in [0.4, 0.5) is 11.6 Å². The third-order valence-electron chi connectivity index (χ3n) is 15.0. The van der Waals surface area contributed by atoms with Crippen LogP contribution in [0, 0.1) is 11.3 Å². The van der Waals surface area contributed by atoms with Gasteiger partial charge in [-0.15, -0.1) is 0 Å². The molecule has 25 nitrogen and oxygen atoms in total. The number of ether oxygens (including phenoxy) is 6. The predicted octanol–water partition coefficient (Wildman–Crippen LogP) is 9.49. The highest BCUT2D eigenvalue weighted by molar-refractivity contribution is 7.48. The van der Waals surface area contributed by atoms with Gasteiger partial charge in [-0.05, 0) is 72.1 Å². The summed E-state index contributed by atoms with van der Waals surface area (Å²) >= 11 is 0. The number of aromatic nitrogens is 8. The maximum atomic E-state index is 15.6. The number of nitrogens with zero attached hydrogens (tertiary/aromatic N) is 9. The van der Waals surface area contributed by atoms with Gasteiger partial charge in [0.1, 0.15) is 72.4 Å². The number of methoxy groups -OCH3 is 2. The summed E-state index contributed by atoms with van der Waals surface area (Å²) in [4.78, 5) is 78.8. The van der Waals surface area contributed by atoms with Gasteiger partial charge >= 0.3 is 13.8 Å². The zero-order chi connectivity index (χ0) is 61.9. The fraction of sp³-hybridized carbons (Fsp3) is 0.286. The van der Waals surface area contributed by atoms with E-state index in [4.69, 9.17) is 42.0 Å². The second kappa shape index (κ2) is 27.6. The van der Waals surface area contributed by atoms with Crippen molar-refractivity contribution in [1.29, 1.82) is 5.26 Å². The molecule has 2 amide bonds. The number of fused-ring (bicyclic) bond motifs is 2. The van der Waals surface area contributed by atoms with Crippen LogP contribution in [-0.4, -0.2) is 121 Å². The van der Waals surface area contributed by atoms with E-state index in [1.54, 1.807) is 84.0 Å². The lowest BCUT2D eigenvalue weighted by atomic mass is 9.80. The summed E-state index contributed by atoms with van der Waals surface area (Å²) in [6.07, 6.45) is -1.61. The van der Waals surface area contributed by atoms with Crippen molar-refractivity contribution >= 4 is 65.4 Å². The molecule has 89 heavy (non-hydrogen) atoms. The molecule has 0 saturated carbocycles. The fourth-order valence-electron chi connectivity index (χ4n) is 10.5. The summed E-state index contributed by atoms with van der Waals surface area (Å²) in [6, 6.07) is 43.6. The number of carbonyl (C=O) groups is 4. The first-order valence-corrected chi connectivity index (χ1v) is 29.8. The largest absolute Gasteiger partial charge is 0.497 e. The summed E-state index contributed by atoms with van der Waals surface area (Å²) < 4.78 is 75.6. The zero-order valence-electron chi connectivity index (χ0n) is 48.4. The van der Waals surface area contributed by atoms with E-state index >= 15 is 4.57 Å². The minimum atomic E-state index is -4.86. The van der Waals surface area contributed by atoms with Gasteiger partial charge in [-0.25, -0.2) is 34.5 Å². The molecule has 4 aromatic heterocycles. The standard InChI is InChI=1S/C63H60N11O14P/c1-40(75)20-29-54(76)87-48-32-52(73-38-69-55-57(65-36-67-59(55)73)71-61(77)41-14-7-4-8-15-41)86-51(48)35-84-89(79,83-31-13-30-64)88-49-33-53(74-39-70-56-58(66-37-68-60(56)74)72-62(78)42-16-9-5-10-17-42)85-50(49)34-82-63(43-18-11-6-12-19-43,44-21-25-46(80-2)26-22-44)45-23-27-47(81-3)28-24-45/h4-12,14-19,21-28,36-39,48-53H,13,20,29,31-35H2,1-3H3,(H,65,67,71,77)(H,66,68,72,78)/t48-,49-,50+,51+,52+,53+,89?/m0/s1. The molecule has 0 radical (unpaired) electrons. The van der Waals surface area contributed by atoms with E-state index < -0.39 is 81.3 Å². The Morgan fingerprint density at radius 1 is 0.618 bits per heavy atom. The molecule has 1 unspecified atom stereocenters. The number of phosphoric acid groups is 1. The van der Waals surface area contributed by atoms with Gasteiger partial charge in [-0.1, -0.05) is 91.0 Å². The van der Waals surface area contributed by atoms with E-state index in [9.17, 15) is 24.4 Å². The van der Waals surface area contributed by atoms with Crippen LogP contribution in [0.2, 0.25) is 0 Å². The minimum Gasteiger partial charge on any atom is -0.497 e. The van der Waals surface area contributed by atoms with E-state index in [-0.39, 0.29) is 78.5 Å². The molecule has 0 spiro atoms. The van der Waals surface area contributed by atoms with Crippen LogP contribution in [0.1, 0.15) is 88.9 Å². The number of rotatable bonds is 26. The Kier molecular flexibility index (Phi) is 18.9. The normalized spacial score (nSPS) is 18.9. The Balaban J connectivity index is 0.925. The Labute approximate surface area is 509 Å². The molecule has 0 bridgehead atoms. The van der Waals surface area contributed by atoms with Crippen LogP contribution >= 0.6 is 7.82 Å². The number of amides is 2. The van der Waals surface area contributed by atoms with E-state index in [0.717, 1.165) is 5.56 Å². The van der Waals surface area contributed by atoms with Crippen molar-refractivity contribution in [2.75, 3.05) is 44.7 Å². The molecule has 6 heterocycles. The van der Waals surface area contributed by atoms with Gasteiger partial charge in [0.25, 0.3) is 11.8 Å². The molecule has 26 heteroatoms. The second-order valence-electron chi connectivity index (χ2n) is 20.6. The molecule has 456 valence electrons. The molecular weight excluding hydrogens is 1170 g/mol. The smallest absolute Gasteiger partial charge is 0.475 e. The summed E-state index contributed by atoms with van der Waals surface area (Å²) in [7, 11) is -1.71. The first-order chi connectivity index (χ1) is 43.3. The number of nitrogens with one attached hydrogen (secondary N) is 2. The van der Waals surface area contributed by atoms with Gasteiger partial charge in [0.2, 0.25) is 0 Å². The van der Waals surface area contributed by atoms with Crippen LogP contribution in [0.25, 0.3) is 22.3 Å². The van der Waals surface area contributed by atoms with Gasteiger partial charge in [-0.3, -0.25) is 37.1 Å². The lowest BCUT2D eigenvalue weighted by Crippen LogP contribution is -2.38. The number of Topliss-reactive ketones (excluding diaryl/α,β-unsaturated/α-hetero) is 1. The molecule has 2 aliphatic heterocycles. The predicted molar refractivity (Wildman–Crippen MR) is 319 cm³/mol. The Bertz CT molecular complexity index is 4000. The third kappa shape index (κ3) is 13.7. The molecule has 5 aromatic carbocycles. The van der Waals surface area contributed by atoms with Crippen LogP contribution < -0.4 is 20.1 Å². The van der Waals surface area contributed by atoms with Gasteiger partial charge < -0.3 is 43.8 Å². The number of hydrogen-bond donors (Lipinski definition) is 2. The van der Waals surface area contributed by atoms with Crippen molar-refractivity contribution in [2.24, 2.45) is 0 Å². The molecule has 9 aromatic rings. The Morgan fingerprint density at radius 2 is 1.10 bits per heavy atom. The van der Waals surface area contributed by atoms with Crippen molar-refractivity contribution in [3.8, 4) is 17.6 Å². The summed E-state index contributed by atoms with van der Waals surface area (Å²) in [5.74, 6) is -0.316. The molecular formula is C63H60N11O14P. The maximum Gasteiger partial charge on any atom is 0.475 e. The van der Waals surface area contributed by atoms with Crippen LogP contribution in [-0.2, 0) is 52.3 Å². The van der Waals surface area contributed by atoms with Gasteiger partial charge in [-0.2, -0.15) is 5.26 Å². The van der Waals surface area contributed by atoms with E-state index in [1.165, 1.54) is 32.2 Å². The molecule has 2 aliphatic rings. The van der Waals surface area contributed by atoms with Crippen LogP contribution in [0.15, 0.2) is 165 Å². The second-order valence-corrected chi connectivity index (χ2v) is 22.3. The lowest BCUT2D eigenvalue weighted by molar-refractivity contribution is -0.153. The van der Waals surface area contributed by atoms with Crippen LogP contribution in [0.5, 0.6) is 11.5 Å². The van der Waals surface area contributed by atoms with Crippen molar-refractivity contribution in [1.82, 2.24) is 39.0 Å². The van der Waals surface area contributed by atoms with Crippen LogP contribution in [0.3, 0.4) is 0 Å². The SMILES string of the molecule is COc1ccc(C(OC[C@H]2O[C@@H](n3cnc4c(NC(=O)c5ccccc5)ncnc43)C[C@@H]2OP(=O)(OCCC#N)OC[C@H]2O[C@@H](n3cnc4c(NC(=O)c5ccccc5)ncnc43)C[C@@H]2OC(=O)CCC(C)=O)(c2ccccc2)c2ccc(OC)cc2)cc1. The van der Waals surface area contributed by atoms with E-state index in [2.05, 4.69) is 40.5 Å². The van der Waals surface area contributed by atoms with Gasteiger partial charge in [0.15, 0.2) is 34.0 Å². The fourth-order valence-corrected chi connectivity index (χ4v) is 11.9. The summed E-state index contributed by atoms with van der Waals surface area (Å²) in [6.45, 7) is 0.130.